The molecule has 2 rings (SSSR count). The van der Waals surface area contributed by atoms with Gasteiger partial charge in [-0.2, -0.15) is 5.10 Å². The summed E-state index contributed by atoms with van der Waals surface area (Å²) in [7, 11) is 0. The van der Waals surface area contributed by atoms with Crippen LogP contribution in [0, 0.1) is 6.92 Å². The molecule has 1 amide bonds. The Labute approximate surface area is 112 Å². The van der Waals surface area contributed by atoms with Crippen LogP contribution in [0.2, 0.25) is 0 Å². The van der Waals surface area contributed by atoms with Gasteiger partial charge in [0.05, 0.1) is 0 Å². The Hall–Kier alpha value is -2.10. The lowest BCUT2D eigenvalue weighted by Gasteiger charge is -2.01. The van der Waals surface area contributed by atoms with E-state index >= 15 is 0 Å². The second-order valence-electron chi connectivity index (χ2n) is 4.38. The van der Waals surface area contributed by atoms with E-state index < -0.39 is 0 Å². The number of carbonyl (C=O) groups excluding carboxylic acids is 1. The van der Waals surface area contributed by atoms with Gasteiger partial charge in [-0.3, -0.25) is 4.79 Å². The van der Waals surface area contributed by atoms with Crippen LogP contribution in [0.1, 0.15) is 42.8 Å². The summed E-state index contributed by atoms with van der Waals surface area (Å²) in [5, 5.41) is 5.07. The first kappa shape index (κ1) is 13.3. The van der Waals surface area contributed by atoms with Gasteiger partial charge >= 0.3 is 5.91 Å². The van der Waals surface area contributed by atoms with Gasteiger partial charge in [-0.05, 0) is 25.8 Å². The van der Waals surface area contributed by atoms with E-state index in [1.54, 1.807) is 0 Å². The third-order valence-electron chi connectivity index (χ3n) is 3.18. The van der Waals surface area contributed by atoms with E-state index in [1.165, 1.54) is 0 Å². The van der Waals surface area contributed by atoms with Crippen molar-refractivity contribution in [2.75, 3.05) is 0 Å². The molecule has 4 nitrogen and oxygen atoms in total. The van der Waals surface area contributed by atoms with Crippen molar-refractivity contribution in [3.63, 3.8) is 0 Å². The minimum atomic E-state index is -0.298. The molecular weight excluding hydrogens is 240 g/mol. The smallest absolute Gasteiger partial charge is 0.307 e. The molecule has 0 unspecified atom stereocenters. The molecule has 1 aromatic heterocycles. The van der Waals surface area contributed by atoms with Crippen LogP contribution < -0.4 is 5.43 Å². The number of para-hydroxylation sites is 1. The van der Waals surface area contributed by atoms with Crippen molar-refractivity contribution in [1.29, 1.82) is 0 Å². The molecule has 0 saturated carbocycles. The van der Waals surface area contributed by atoms with Crippen LogP contribution in [0.25, 0.3) is 11.0 Å². The fourth-order valence-electron chi connectivity index (χ4n) is 1.98. The largest absolute Gasteiger partial charge is 0.451 e. The summed E-state index contributed by atoms with van der Waals surface area (Å²) in [6.07, 6.45) is 1.66. The number of furan rings is 1. The SMILES string of the molecule is CCC(CC)=NNC(=O)c1oc2ccccc2c1C. The summed E-state index contributed by atoms with van der Waals surface area (Å²) in [6, 6.07) is 7.61. The Morgan fingerprint density at radius 2 is 1.95 bits per heavy atom. The van der Waals surface area contributed by atoms with Crippen LogP contribution in [0.4, 0.5) is 0 Å². The number of nitrogens with zero attached hydrogens (tertiary/aromatic N) is 1. The van der Waals surface area contributed by atoms with E-state index in [0.29, 0.717) is 5.76 Å². The van der Waals surface area contributed by atoms with E-state index in [9.17, 15) is 4.79 Å². The molecule has 19 heavy (non-hydrogen) atoms. The fraction of sp³-hybridized carbons (Fsp3) is 0.333. The monoisotopic (exact) mass is 258 g/mol. The summed E-state index contributed by atoms with van der Waals surface area (Å²) in [5.41, 5.74) is 5.09. The maximum atomic E-state index is 12.1. The molecule has 1 heterocycles. The molecule has 2 aromatic rings. The number of nitrogens with one attached hydrogen (secondary N) is 1. The quantitative estimate of drug-likeness (QED) is 0.672. The van der Waals surface area contributed by atoms with E-state index in [-0.39, 0.29) is 5.91 Å². The highest BCUT2D eigenvalue weighted by Crippen LogP contribution is 2.24. The Kier molecular flexibility index (Phi) is 4.00. The molecule has 0 spiro atoms. The molecule has 0 aliphatic carbocycles. The van der Waals surface area contributed by atoms with Crippen LogP contribution >= 0.6 is 0 Å². The molecule has 100 valence electrons. The minimum Gasteiger partial charge on any atom is -0.451 e. The maximum absolute atomic E-state index is 12.1. The van der Waals surface area contributed by atoms with Crippen molar-refractivity contribution in [2.24, 2.45) is 5.10 Å². The van der Waals surface area contributed by atoms with E-state index in [1.807, 2.05) is 45.0 Å². The second kappa shape index (κ2) is 5.69. The Bertz CT molecular complexity index is 620. The van der Waals surface area contributed by atoms with E-state index in [0.717, 1.165) is 35.1 Å². The summed E-state index contributed by atoms with van der Waals surface area (Å²) in [5.74, 6) is 0.0320. The average Bonchev–Trinajstić information content (AvgIpc) is 2.78. The van der Waals surface area contributed by atoms with Crippen molar-refractivity contribution in [3.8, 4) is 0 Å². The predicted octanol–water partition coefficient (Wildman–Crippen LogP) is 3.65. The first-order chi connectivity index (χ1) is 9.17. The molecule has 0 aliphatic rings. The highest BCUT2D eigenvalue weighted by atomic mass is 16.3. The molecule has 0 radical (unpaired) electrons. The number of aryl methyl sites for hydroxylation is 1. The van der Waals surface area contributed by atoms with Crippen molar-refractivity contribution in [3.05, 3.63) is 35.6 Å². The zero-order valence-electron chi connectivity index (χ0n) is 11.5. The minimum absolute atomic E-state index is 0.298. The summed E-state index contributed by atoms with van der Waals surface area (Å²) >= 11 is 0. The number of hydrazone groups is 1. The number of amides is 1. The topological polar surface area (TPSA) is 54.6 Å². The molecule has 0 bridgehead atoms. The summed E-state index contributed by atoms with van der Waals surface area (Å²) in [4.78, 5) is 12.1. The van der Waals surface area contributed by atoms with Crippen LogP contribution in [-0.4, -0.2) is 11.6 Å². The standard InChI is InChI=1S/C15H18N2O2/c1-4-11(5-2)16-17-15(18)14-10(3)12-8-6-7-9-13(12)19-14/h6-9H,4-5H2,1-3H3,(H,17,18). The van der Waals surface area contributed by atoms with Crippen molar-refractivity contribution in [2.45, 2.75) is 33.6 Å². The number of rotatable bonds is 4. The molecule has 0 fully saturated rings. The van der Waals surface area contributed by atoms with Gasteiger partial charge < -0.3 is 4.42 Å². The van der Waals surface area contributed by atoms with E-state index in [4.69, 9.17) is 4.42 Å². The molecule has 0 saturated heterocycles. The van der Waals surface area contributed by atoms with Gasteiger partial charge in [-0.1, -0.05) is 32.0 Å². The first-order valence-electron chi connectivity index (χ1n) is 6.51. The number of fused-ring (bicyclic) bond motifs is 1. The van der Waals surface area contributed by atoms with Crippen LogP contribution in [0.3, 0.4) is 0 Å². The van der Waals surface area contributed by atoms with Gasteiger partial charge in [0, 0.05) is 16.7 Å². The Morgan fingerprint density at radius 1 is 1.26 bits per heavy atom. The Morgan fingerprint density at radius 3 is 2.58 bits per heavy atom. The number of benzene rings is 1. The van der Waals surface area contributed by atoms with Gasteiger partial charge in [0.2, 0.25) is 0 Å². The molecule has 0 aliphatic heterocycles. The third-order valence-corrected chi connectivity index (χ3v) is 3.18. The van der Waals surface area contributed by atoms with Gasteiger partial charge in [-0.25, -0.2) is 5.43 Å². The lowest BCUT2D eigenvalue weighted by atomic mass is 10.1. The van der Waals surface area contributed by atoms with Gasteiger partial charge in [0.1, 0.15) is 5.58 Å². The van der Waals surface area contributed by atoms with Crippen molar-refractivity contribution >= 4 is 22.6 Å². The Balaban J connectivity index is 2.27. The summed E-state index contributed by atoms with van der Waals surface area (Å²) < 4.78 is 5.58. The second-order valence-corrected chi connectivity index (χ2v) is 4.38. The van der Waals surface area contributed by atoms with Crippen LogP contribution in [0.15, 0.2) is 33.8 Å². The van der Waals surface area contributed by atoms with Gasteiger partial charge in [0.25, 0.3) is 0 Å². The lowest BCUT2D eigenvalue weighted by molar-refractivity contribution is 0.0928. The highest BCUT2D eigenvalue weighted by Gasteiger charge is 2.16. The maximum Gasteiger partial charge on any atom is 0.307 e. The first-order valence-corrected chi connectivity index (χ1v) is 6.51. The number of carbonyl (C=O) groups is 1. The normalized spacial score (nSPS) is 10.5. The van der Waals surface area contributed by atoms with Gasteiger partial charge in [-0.15, -0.1) is 0 Å². The molecule has 4 heteroatoms. The molecular formula is C15H18N2O2. The average molecular weight is 258 g/mol. The summed E-state index contributed by atoms with van der Waals surface area (Å²) in [6.45, 7) is 5.91. The zero-order valence-corrected chi connectivity index (χ0v) is 11.5. The number of hydrogen-bond acceptors (Lipinski definition) is 3. The third kappa shape index (κ3) is 2.67. The predicted molar refractivity (Wildman–Crippen MR) is 76.4 cm³/mol. The van der Waals surface area contributed by atoms with Crippen molar-refractivity contribution in [1.82, 2.24) is 5.43 Å². The molecule has 0 atom stereocenters. The van der Waals surface area contributed by atoms with Crippen LogP contribution in [0.5, 0.6) is 0 Å². The molecule has 1 N–H and O–H groups in total. The highest BCUT2D eigenvalue weighted by molar-refractivity contribution is 5.99. The van der Waals surface area contributed by atoms with E-state index in [2.05, 4.69) is 10.5 Å². The molecule has 1 aromatic carbocycles. The zero-order chi connectivity index (χ0) is 13.8. The van der Waals surface area contributed by atoms with Crippen molar-refractivity contribution < 1.29 is 9.21 Å². The van der Waals surface area contributed by atoms with Crippen LogP contribution in [-0.2, 0) is 0 Å². The lowest BCUT2D eigenvalue weighted by Crippen LogP contribution is -2.19. The fourth-order valence-corrected chi connectivity index (χ4v) is 1.98. The number of hydrogen-bond donors (Lipinski definition) is 1. The van der Waals surface area contributed by atoms with Gasteiger partial charge in [0.15, 0.2) is 5.76 Å².